The molecule has 1 saturated heterocycles. The molecule has 8 heteroatoms. The van der Waals surface area contributed by atoms with Gasteiger partial charge in [-0.1, -0.05) is 31.2 Å². The summed E-state index contributed by atoms with van der Waals surface area (Å²) in [4.78, 5) is 0. The summed E-state index contributed by atoms with van der Waals surface area (Å²) in [6.07, 6.45) is -0.477. The fourth-order valence-electron chi connectivity index (χ4n) is 3.30. The standard InChI is InChI=1S/C24H19F5O3/c1-13-10-31-24(32-11-13)15-4-2-14(3-5-15)16-6-19(25)18(20(26)7-16)12-30-17-8-21(27)23(29)22(28)9-17/h2-9,13,24H,10-12H2,1H3. The van der Waals surface area contributed by atoms with Crippen LogP contribution in [-0.2, 0) is 16.1 Å². The second-order valence-electron chi connectivity index (χ2n) is 7.63. The number of benzene rings is 3. The first kappa shape index (κ1) is 22.2. The first-order valence-corrected chi connectivity index (χ1v) is 9.90. The number of halogens is 5. The molecule has 1 aliphatic rings. The van der Waals surface area contributed by atoms with E-state index < -0.39 is 47.5 Å². The Morgan fingerprint density at radius 1 is 0.781 bits per heavy atom. The maximum absolute atomic E-state index is 14.6. The fraction of sp³-hybridized carbons (Fsp3) is 0.250. The normalized spacial score (nSPS) is 18.6. The van der Waals surface area contributed by atoms with Crippen molar-refractivity contribution in [1.29, 1.82) is 0 Å². The molecule has 0 N–H and O–H groups in total. The number of rotatable bonds is 5. The van der Waals surface area contributed by atoms with Gasteiger partial charge in [0.25, 0.3) is 0 Å². The molecule has 3 aromatic carbocycles. The molecule has 1 heterocycles. The highest BCUT2D eigenvalue weighted by molar-refractivity contribution is 5.64. The van der Waals surface area contributed by atoms with Gasteiger partial charge in [-0.15, -0.1) is 0 Å². The van der Waals surface area contributed by atoms with Crippen LogP contribution in [-0.4, -0.2) is 13.2 Å². The van der Waals surface area contributed by atoms with E-state index in [4.69, 9.17) is 14.2 Å². The molecule has 32 heavy (non-hydrogen) atoms. The molecule has 0 aromatic heterocycles. The Bertz CT molecular complexity index is 1060. The highest BCUT2D eigenvalue weighted by Crippen LogP contribution is 2.30. The third-order valence-corrected chi connectivity index (χ3v) is 5.06. The highest BCUT2D eigenvalue weighted by atomic mass is 19.2. The summed E-state index contributed by atoms with van der Waals surface area (Å²) < 4.78 is 85.0. The second kappa shape index (κ2) is 9.26. The van der Waals surface area contributed by atoms with Gasteiger partial charge in [0.1, 0.15) is 24.0 Å². The van der Waals surface area contributed by atoms with E-state index in [1.807, 2.05) is 6.92 Å². The van der Waals surface area contributed by atoms with E-state index in [1.165, 1.54) is 0 Å². The van der Waals surface area contributed by atoms with Gasteiger partial charge in [0.05, 0.1) is 18.8 Å². The molecule has 0 unspecified atom stereocenters. The monoisotopic (exact) mass is 450 g/mol. The van der Waals surface area contributed by atoms with Gasteiger partial charge >= 0.3 is 0 Å². The molecule has 3 nitrogen and oxygen atoms in total. The van der Waals surface area contributed by atoms with Gasteiger partial charge in [-0.3, -0.25) is 0 Å². The quantitative estimate of drug-likeness (QED) is 0.337. The van der Waals surface area contributed by atoms with Crippen molar-refractivity contribution in [3.05, 3.63) is 88.7 Å². The van der Waals surface area contributed by atoms with E-state index in [0.717, 1.165) is 17.7 Å². The molecular weight excluding hydrogens is 431 g/mol. The first-order chi connectivity index (χ1) is 15.3. The summed E-state index contributed by atoms with van der Waals surface area (Å²) >= 11 is 0. The van der Waals surface area contributed by atoms with Crippen LogP contribution in [0.15, 0.2) is 48.5 Å². The molecule has 0 amide bonds. The van der Waals surface area contributed by atoms with Crippen molar-refractivity contribution in [2.75, 3.05) is 13.2 Å². The van der Waals surface area contributed by atoms with Gasteiger partial charge in [-0.2, -0.15) is 0 Å². The minimum atomic E-state index is -1.65. The zero-order valence-corrected chi connectivity index (χ0v) is 17.0. The van der Waals surface area contributed by atoms with Crippen LogP contribution >= 0.6 is 0 Å². The van der Waals surface area contributed by atoms with E-state index in [-0.39, 0.29) is 5.75 Å². The molecule has 168 valence electrons. The topological polar surface area (TPSA) is 27.7 Å². The molecule has 4 rings (SSSR count). The van der Waals surface area contributed by atoms with Crippen molar-refractivity contribution < 1.29 is 36.2 Å². The van der Waals surface area contributed by atoms with Crippen LogP contribution < -0.4 is 4.74 Å². The average Bonchev–Trinajstić information content (AvgIpc) is 2.77. The lowest BCUT2D eigenvalue weighted by molar-refractivity contribution is -0.202. The van der Waals surface area contributed by atoms with Crippen LogP contribution in [0.1, 0.15) is 24.3 Å². The Balaban J connectivity index is 1.49. The Morgan fingerprint density at radius 3 is 1.91 bits per heavy atom. The maximum atomic E-state index is 14.6. The van der Waals surface area contributed by atoms with Crippen molar-refractivity contribution in [3.63, 3.8) is 0 Å². The zero-order valence-electron chi connectivity index (χ0n) is 17.0. The first-order valence-electron chi connectivity index (χ1n) is 9.90. The molecule has 0 radical (unpaired) electrons. The van der Waals surface area contributed by atoms with E-state index in [2.05, 4.69) is 0 Å². The van der Waals surface area contributed by atoms with Crippen molar-refractivity contribution in [2.45, 2.75) is 19.8 Å². The van der Waals surface area contributed by atoms with E-state index in [1.54, 1.807) is 24.3 Å². The maximum Gasteiger partial charge on any atom is 0.194 e. The lowest BCUT2D eigenvalue weighted by Gasteiger charge is -2.27. The molecular formula is C24H19F5O3. The second-order valence-corrected chi connectivity index (χ2v) is 7.63. The molecule has 0 spiro atoms. The summed E-state index contributed by atoms with van der Waals surface area (Å²) in [5.41, 5.74) is 1.25. The van der Waals surface area contributed by atoms with Crippen molar-refractivity contribution in [1.82, 2.24) is 0 Å². The Morgan fingerprint density at radius 2 is 1.34 bits per heavy atom. The fourth-order valence-corrected chi connectivity index (χ4v) is 3.30. The lowest BCUT2D eigenvalue weighted by Crippen LogP contribution is -2.24. The summed E-state index contributed by atoms with van der Waals surface area (Å²) in [5, 5.41) is 0. The molecule has 1 fully saturated rings. The van der Waals surface area contributed by atoms with Crippen LogP contribution in [0.4, 0.5) is 22.0 Å². The Hall–Kier alpha value is -2.97. The summed E-state index contributed by atoms with van der Waals surface area (Å²) in [6.45, 7) is 2.57. The van der Waals surface area contributed by atoms with Crippen LogP contribution in [0.5, 0.6) is 5.75 Å². The largest absolute Gasteiger partial charge is 0.488 e. The molecule has 0 saturated carbocycles. The molecule has 0 atom stereocenters. The predicted molar refractivity (Wildman–Crippen MR) is 106 cm³/mol. The number of hydrogen-bond acceptors (Lipinski definition) is 3. The van der Waals surface area contributed by atoms with Gasteiger partial charge in [-0.05, 0) is 23.3 Å². The highest BCUT2D eigenvalue weighted by Gasteiger charge is 2.21. The van der Waals surface area contributed by atoms with E-state index in [9.17, 15) is 22.0 Å². The minimum Gasteiger partial charge on any atom is -0.488 e. The van der Waals surface area contributed by atoms with Gasteiger partial charge in [0.2, 0.25) is 0 Å². The molecule has 0 bridgehead atoms. The van der Waals surface area contributed by atoms with Gasteiger partial charge in [0.15, 0.2) is 23.7 Å². The predicted octanol–water partition coefficient (Wildman–Crippen LogP) is 6.31. The van der Waals surface area contributed by atoms with Crippen LogP contribution in [0.25, 0.3) is 11.1 Å². The van der Waals surface area contributed by atoms with Crippen LogP contribution in [0.3, 0.4) is 0 Å². The average molecular weight is 450 g/mol. The van der Waals surface area contributed by atoms with Gasteiger partial charge in [-0.25, -0.2) is 22.0 Å². The lowest BCUT2D eigenvalue weighted by atomic mass is 10.0. The summed E-state index contributed by atoms with van der Waals surface area (Å²) in [7, 11) is 0. The third-order valence-electron chi connectivity index (χ3n) is 5.06. The Labute approximate surface area is 181 Å². The molecule has 3 aromatic rings. The molecule has 1 aliphatic heterocycles. The zero-order chi connectivity index (χ0) is 22.8. The van der Waals surface area contributed by atoms with Crippen molar-refractivity contribution in [2.24, 2.45) is 5.92 Å². The van der Waals surface area contributed by atoms with Crippen molar-refractivity contribution in [3.8, 4) is 16.9 Å². The Kier molecular flexibility index (Phi) is 6.43. The summed E-state index contributed by atoms with van der Waals surface area (Å²) in [6, 6.07) is 10.4. The van der Waals surface area contributed by atoms with Crippen molar-refractivity contribution >= 4 is 0 Å². The third kappa shape index (κ3) is 4.76. The van der Waals surface area contributed by atoms with Crippen LogP contribution in [0, 0.1) is 35.0 Å². The number of ether oxygens (including phenoxy) is 3. The molecule has 0 aliphatic carbocycles. The van der Waals surface area contributed by atoms with Gasteiger partial charge in [0, 0.05) is 23.6 Å². The van der Waals surface area contributed by atoms with Gasteiger partial charge < -0.3 is 14.2 Å². The summed E-state index contributed by atoms with van der Waals surface area (Å²) in [5.74, 6) is -6.42. The minimum absolute atomic E-state index is 0.299. The van der Waals surface area contributed by atoms with E-state index >= 15 is 0 Å². The SMILES string of the molecule is CC1COC(c2ccc(-c3cc(F)c(COc4cc(F)c(F)c(F)c4)c(F)c3)cc2)OC1. The number of hydrogen-bond donors (Lipinski definition) is 0. The smallest absolute Gasteiger partial charge is 0.194 e. The van der Waals surface area contributed by atoms with E-state index in [0.29, 0.717) is 42.4 Å². The van der Waals surface area contributed by atoms with Crippen LogP contribution in [0.2, 0.25) is 0 Å².